The largest absolute Gasteiger partial charge is 0.378 e. The molecule has 0 saturated heterocycles. The van der Waals surface area contributed by atoms with Crippen molar-refractivity contribution in [3.8, 4) is 11.3 Å². The number of rotatable bonds is 4. The van der Waals surface area contributed by atoms with Crippen LogP contribution in [0.4, 0.5) is 11.4 Å². The lowest BCUT2D eigenvalue weighted by Crippen LogP contribution is -2.32. The molecular weight excluding hydrogens is 416 g/mol. The first kappa shape index (κ1) is 22.1. The van der Waals surface area contributed by atoms with E-state index in [0.29, 0.717) is 0 Å². The van der Waals surface area contributed by atoms with Crippen molar-refractivity contribution >= 4 is 28.9 Å². The highest BCUT2D eigenvalue weighted by molar-refractivity contribution is 6.12. The molecule has 1 unspecified atom stereocenters. The van der Waals surface area contributed by atoms with Crippen LogP contribution in [0.2, 0.25) is 0 Å². The molecule has 0 amide bonds. The SMILES string of the molecule is Cc1cc(-c2ccc(N(C)C)cc2)nc2c1C=CC1(C)CC=C(c3ccc(N(C)C)cc3)N=C21. The molecule has 5 rings (SSSR count). The maximum absolute atomic E-state index is 5.22. The van der Waals surface area contributed by atoms with Gasteiger partial charge in [-0.2, -0.15) is 0 Å². The summed E-state index contributed by atoms with van der Waals surface area (Å²) >= 11 is 0. The molecule has 1 atom stereocenters. The minimum absolute atomic E-state index is 0.146. The second-order valence-corrected chi connectivity index (χ2v) is 9.97. The summed E-state index contributed by atoms with van der Waals surface area (Å²) in [5.41, 5.74) is 11.0. The van der Waals surface area contributed by atoms with Crippen LogP contribution in [-0.4, -0.2) is 38.9 Å². The van der Waals surface area contributed by atoms with Gasteiger partial charge in [0.05, 0.1) is 22.8 Å². The number of nitrogens with zero attached hydrogens (tertiary/aromatic N) is 4. The average molecular weight is 449 g/mol. The summed E-state index contributed by atoms with van der Waals surface area (Å²) in [6, 6.07) is 19.4. The normalized spacial score (nSPS) is 18.5. The first-order valence-electron chi connectivity index (χ1n) is 11.8. The molecule has 172 valence electrons. The second-order valence-electron chi connectivity index (χ2n) is 9.97. The molecule has 1 aliphatic carbocycles. The van der Waals surface area contributed by atoms with Crippen molar-refractivity contribution in [3.05, 3.63) is 89.1 Å². The number of aryl methyl sites for hydroxylation is 1. The number of benzene rings is 2. The van der Waals surface area contributed by atoms with Crippen molar-refractivity contribution in [2.75, 3.05) is 38.0 Å². The highest BCUT2D eigenvalue weighted by Gasteiger charge is 2.36. The van der Waals surface area contributed by atoms with Crippen LogP contribution in [0, 0.1) is 12.3 Å². The zero-order valence-corrected chi connectivity index (χ0v) is 20.9. The average Bonchev–Trinajstić information content (AvgIpc) is 2.83. The summed E-state index contributed by atoms with van der Waals surface area (Å²) < 4.78 is 0. The van der Waals surface area contributed by atoms with E-state index in [1.165, 1.54) is 22.5 Å². The fourth-order valence-corrected chi connectivity index (χ4v) is 4.70. The number of pyridine rings is 1. The lowest BCUT2D eigenvalue weighted by molar-refractivity contribution is 0.600. The van der Waals surface area contributed by atoms with E-state index in [9.17, 15) is 0 Å². The first-order chi connectivity index (χ1) is 16.2. The molecule has 0 N–H and O–H groups in total. The van der Waals surface area contributed by atoms with Crippen LogP contribution in [0.5, 0.6) is 0 Å². The predicted octanol–water partition coefficient (Wildman–Crippen LogP) is 6.46. The van der Waals surface area contributed by atoms with Gasteiger partial charge < -0.3 is 9.80 Å². The minimum Gasteiger partial charge on any atom is -0.378 e. The molecule has 1 aliphatic heterocycles. The van der Waals surface area contributed by atoms with Gasteiger partial charge in [0.2, 0.25) is 0 Å². The molecule has 1 aromatic heterocycles. The Morgan fingerprint density at radius 3 is 2.00 bits per heavy atom. The van der Waals surface area contributed by atoms with Gasteiger partial charge in [-0.05, 0) is 54.8 Å². The maximum atomic E-state index is 5.22. The summed E-state index contributed by atoms with van der Waals surface area (Å²) in [6.45, 7) is 4.44. The third-order valence-corrected chi connectivity index (χ3v) is 6.96. The summed E-state index contributed by atoms with van der Waals surface area (Å²) in [6.07, 6.45) is 7.71. The van der Waals surface area contributed by atoms with Crippen LogP contribution >= 0.6 is 0 Å². The Morgan fingerprint density at radius 1 is 0.824 bits per heavy atom. The highest BCUT2D eigenvalue weighted by Crippen LogP contribution is 2.42. The van der Waals surface area contributed by atoms with Gasteiger partial charge in [-0.25, -0.2) is 9.98 Å². The molecule has 0 radical (unpaired) electrons. The zero-order chi connectivity index (χ0) is 24.0. The van der Waals surface area contributed by atoms with Gasteiger partial charge in [0, 0.05) is 56.1 Å². The molecule has 4 heteroatoms. The molecule has 3 aromatic rings. The highest BCUT2D eigenvalue weighted by atomic mass is 15.1. The van der Waals surface area contributed by atoms with Gasteiger partial charge in [-0.15, -0.1) is 0 Å². The Balaban J connectivity index is 1.58. The van der Waals surface area contributed by atoms with Gasteiger partial charge in [-0.3, -0.25) is 0 Å². The van der Waals surface area contributed by atoms with E-state index in [-0.39, 0.29) is 5.41 Å². The third-order valence-electron chi connectivity index (χ3n) is 6.96. The smallest absolute Gasteiger partial charge is 0.0936 e. The molecule has 2 heterocycles. The Kier molecular flexibility index (Phi) is 5.40. The van der Waals surface area contributed by atoms with Crippen molar-refractivity contribution in [2.45, 2.75) is 20.3 Å². The molecule has 0 spiro atoms. The molecule has 2 aliphatic rings. The maximum Gasteiger partial charge on any atom is 0.0936 e. The number of hydrogen-bond acceptors (Lipinski definition) is 4. The third kappa shape index (κ3) is 3.83. The van der Waals surface area contributed by atoms with E-state index in [4.69, 9.17) is 9.98 Å². The second kappa shape index (κ2) is 8.28. The number of hydrogen-bond donors (Lipinski definition) is 0. The van der Waals surface area contributed by atoms with Crippen LogP contribution < -0.4 is 9.80 Å². The van der Waals surface area contributed by atoms with Crippen LogP contribution in [0.15, 0.2) is 71.7 Å². The van der Waals surface area contributed by atoms with Crippen LogP contribution in [-0.2, 0) is 0 Å². The first-order valence-corrected chi connectivity index (χ1v) is 11.8. The van der Waals surface area contributed by atoms with Gasteiger partial charge in [0.25, 0.3) is 0 Å². The zero-order valence-electron chi connectivity index (χ0n) is 20.9. The Bertz CT molecular complexity index is 1330. The van der Waals surface area contributed by atoms with Crippen molar-refractivity contribution in [1.29, 1.82) is 0 Å². The van der Waals surface area contributed by atoms with Crippen LogP contribution in [0.25, 0.3) is 23.0 Å². The van der Waals surface area contributed by atoms with Crippen molar-refractivity contribution in [2.24, 2.45) is 10.4 Å². The number of allylic oxidation sites excluding steroid dienone is 2. The van der Waals surface area contributed by atoms with Gasteiger partial charge in [0.1, 0.15) is 0 Å². The van der Waals surface area contributed by atoms with Crippen LogP contribution in [0.1, 0.15) is 35.7 Å². The molecule has 2 aromatic carbocycles. The van der Waals surface area contributed by atoms with E-state index in [1.54, 1.807) is 0 Å². The summed E-state index contributed by atoms with van der Waals surface area (Å²) in [4.78, 5) is 14.6. The van der Waals surface area contributed by atoms with E-state index in [2.05, 4.69) is 125 Å². The van der Waals surface area contributed by atoms with Gasteiger partial charge in [0.15, 0.2) is 0 Å². The monoisotopic (exact) mass is 448 g/mol. The Morgan fingerprint density at radius 2 is 1.41 bits per heavy atom. The van der Waals surface area contributed by atoms with Crippen molar-refractivity contribution in [3.63, 3.8) is 0 Å². The molecule has 0 bridgehead atoms. The lowest BCUT2D eigenvalue weighted by atomic mass is 9.73. The predicted molar refractivity (Wildman–Crippen MR) is 146 cm³/mol. The molecule has 0 saturated carbocycles. The minimum atomic E-state index is -0.146. The fourth-order valence-electron chi connectivity index (χ4n) is 4.70. The molecular formula is C30H32N4. The van der Waals surface area contributed by atoms with Crippen molar-refractivity contribution in [1.82, 2.24) is 4.98 Å². The van der Waals surface area contributed by atoms with E-state index < -0.39 is 0 Å². The van der Waals surface area contributed by atoms with Gasteiger partial charge in [-0.1, -0.05) is 49.4 Å². The Labute approximate surface area is 203 Å². The Hall–Kier alpha value is -3.66. The van der Waals surface area contributed by atoms with E-state index >= 15 is 0 Å². The molecule has 0 fully saturated rings. The van der Waals surface area contributed by atoms with Gasteiger partial charge >= 0.3 is 0 Å². The van der Waals surface area contributed by atoms with Crippen molar-refractivity contribution < 1.29 is 0 Å². The van der Waals surface area contributed by atoms with E-state index in [1.807, 2.05) is 0 Å². The summed E-state index contributed by atoms with van der Waals surface area (Å²) in [7, 11) is 8.24. The standard InChI is InChI=1S/C30H32N4/c1-20-19-27(22-9-13-24(14-10-22)34(5)6)31-28-25(20)15-17-30(2)18-16-26(32-29(28)30)21-7-11-23(12-8-21)33(3)4/h7-17,19H,18H2,1-6H3. The van der Waals surface area contributed by atoms with Crippen LogP contribution in [0.3, 0.4) is 0 Å². The fraction of sp³-hybridized carbons (Fsp3) is 0.267. The summed E-state index contributed by atoms with van der Waals surface area (Å²) in [5.74, 6) is 0. The lowest BCUT2D eigenvalue weighted by Gasteiger charge is -2.34. The summed E-state index contributed by atoms with van der Waals surface area (Å²) in [5, 5.41) is 0. The van der Waals surface area contributed by atoms with E-state index in [0.717, 1.165) is 40.3 Å². The molecule has 34 heavy (non-hydrogen) atoms. The number of aliphatic imine (C=N–C) groups is 1. The number of anilines is 2. The quantitative estimate of drug-likeness (QED) is 0.459. The molecule has 4 nitrogen and oxygen atoms in total. The number of aromatic nitrogens is 1. The number of fused-ring (bicyclic) bond motifs is 3. The topological polar surface area (TPSA) is 31.7 Å².